The van der Waals surface area contributed by atoms with E-state index in [1.165, 1.54) is 116 Å². The monoisotopic (exact) mass is 998 g/mol. The van der Waals surface area contributed by atoms with Gasteiger partial charge in [-0.05, 0) is 77.0 Å². The van der Waals surface area contributed by atoms with E-state index in [4.69, 9.17) is 24.3 Å². The van der Waals surface area contributed by atoms with Gasteiger partial charge in [0.05, 0.1) is 13.2 Å². The van der Waals surface area contributed by atoms with Crippen molar-refractivity contribution in [2.75, 3.05) is 26.4 Å². The van der Waals surface area contributed by atoms with Gasteiger partial charge in [-0.2, -0.15) is 0 Å². The molecule has 402 valence electrons. The minimum atomic E-state index is -4.38. The van der Waals surface area contributed by atoms with Gasteiger partial charge in [-0.25, -0.2) is 4.57 Å². The number of hydrogen-bond donors (Lipinski definition) is 2. The van der Waals surface area contributed by atoms with E-state index in [0.717, 1.165) is 89.9 Å². The maximum atomic E-state index is 12.6. The van der Waals surface area contributed by atoms with Crippen LogP contribution in [0, 0.1) is 0 Å². The minimum Gasteiger partial charge on any atom is -0.462 e. The molecule has 3 N–H and O–H groups in total. The first-order valence-corrected chi connectivity index (χ1v) is 29.7. The van der Waals surface area contributed by atoms with Gasteiger partial charge in [0.25, 0.3) is 0 Å². The highest BCUT2D eigenvalue weighted by molar-refractivity contribution is 7.47. The Kier molecular flexibility index (Phi) is 52.8. The molecule has 0 spiro atoms. The zero-order valence-electron chi connectivity index (χ0n) is 44.7. The Bertz CT molecular complexity index is 1460. The number of rotatable bonds is 52. The van der Waals surface area contributed by atoms with Crippen LogP contribution in [-0.2, 0) is 32.7 Å². The SMILES string of the molecule is CC/C=C\C/C=C\C/C=C\C/C=C\C/C=C\C/C=C\C/C=C\C/C=C\CCCCCCCCCCCCCCCCC(=O)OC(COC(=O)CCCCCCCCCCCC)COP(=O)(O)OCCN. The van der Waals surface area contributed by atoms with Crippen molar-refractivity contribution in [1.82, 2.24) is 0 Å². The van der Waals surface area contributed by atoms with Crippen molar-refractivity contribution >= 4 is 19.8 Å². The highest BCUT2D eigenvalue weighted by Crippen LogP contribution is 2.43. The molecule has 0 bridgehead atoms. The van der Waals surface area contributed by atoms with Crippen molar-refractivity contribution in [2.24, 2.45) is 5.73 Å². The molecule has 0 aromatic heterocycles. The number of nitrogens with two attached hydrogens (primary N) is 1. The average molecular weight is 998 g/mol. The van der Waals surface area contributed by atoms with Gasteiger partial charge >= 0.3 is 19.8 Å². The van der Waals surface area contributed by atoms with E-state index in [2.05, 4.69) is 111 Å². The molecule has 0 aliphatic heterocycles. The molecule has 70 heavy (non-hydrogen) atoms. The van der Waals surface area contributed by atoms with Crippen LogP contribution in [0.1, 0.15) is 239 Å². The van der Waals surface area contributed by atoms with Crippen LogP contribution in [0.25, 0.3) is 0 Å². The third-order valence-electron chi connectivity index (χ3n) is 11.7. The molecule has 0 heterocycles. The van der Waals surface area contributed by atoms with Crippen molar-refractivity contribution in [1.29, 1.82) is 0 Å². The van der Waals surface area contributed by atoms with Crippen molar-refractivity contribution in [3.05, 3.63) is 97.2 Å². The summed E-state index contributed by atoms with van der Waals surface area (Å²) >= 11 is 0. The molecule has 0 saturated carbocycles. The number of hydrogen-bond acceptors (Lipinski definition) is 8. The second-order valence-electron chi connectivity index (χ2n) is 18.4. The Morgan fingerprint density at radius 1 is 0.443 bits per heavy atom. The summed E-state index contributed by atoms with van der Waals surface area (Å²) in [5.41, 5.74) is 5.36. The predicted octanol–water partition coefficient (Wildman–Crippen LogP) is 17.7. The van der Waals surface area contributed by atoms with Gasteiger partial charge in [-0.3, -0.25) is 18.6 Å². The quantitative estimate of drug-likeness (QED) is 0.0264. The first-order valence-electron chi connectivity index (χ1n) is 28.2. The number of phosphoric acid groups is 1. The summed E-state index contributed by atoms with van der Waals surface area (Å²) < 4.78 is 32.9. The first kappa shape index (κ1) is 66.9. The van der Waals surface area contributed by atoms with Crippen LogP contribution in [0.5, 0.6) is 0 Å². The highest BCUT2D eigenvalue weighted by Gasteiger charge is 2.26. The van der Waals surface area contributed by atoms with Gasteiger partial charge in [-0.15, -0.1) is 0 Å². The van der Waals surface area contributed by atoms with Gasteiger partial charge in [0.1, 0.15) is 6.61 Å². The summed E-state index contributed by atoms with van der Waals surface area (Å²) in [6, 6.07) is 0. The maximum Gasteiger partial charge on any atom is 0.472 e. The topological polar surface area (TPSA) is 134 Å². The largest absolute Gasteiger partial charge is 0.472 e. The zero-order chi connectivity index (χ0) is 51.0. The number of unbranched alkanes of at least 4 members (excludes halogenated alkanes) is 23. The van der Waals surface area contributed by atoms with Crippen LogP contribution in [0.4, 0.5) is 0 Å². The van der Waals surface area contributed by atoms with Crippen LogP contribution < -0.4 is 5.73 Å². The molecule has 10 heteroatoms. The van der Waals surface area contributed by atoms with E-state index in [0.29, 0.717) is 6.42 Å². The average Bonchev–Trinajstić information content (AvgIpc) is 3.35. The van der Waals surface area contributed by atoms with E-state index in [-0.39, 0.29) is 38.6 Å². The minimum absolute atomic E-state index is 0.0517. The Balaban J connectivity index is 3.85. The molecule has 0 saturated heterocycles. The number of carbonyl (C=O) groups excluding carboxylic acids is 2. The van der Waals surface area contributed by atoms with Crippen molar-refractivity contribution < 1.29 is 37.6 Å². The zero-order valence-corrected chi connectivity index (χ0v) is 45.6. The first-order chi connectivity index (χ1) is 34.3. The van der Waals surface area contributed by atoms with E-state index < -0.39 is 26.5 Å². The third kappa shape index (κ3) is 54.3. The van der Waals surface area contributed by atoms with E-state index in [1.54, 1.807) is 0 Å². The number of allylic oxidation sites excluding steroid dienone is 16. The Morgan fingerprint density at radius 2 is 0.786 bits per heavy atom. The predicted molar refractivity (Wildman–Crippen MR) is 298 cm³/mol. The van der Waals surface area contributed by atoms with Gasteiger partial charge < -0.3 is 20.1 Å². The van der Waals surface area contributed by atoms with E-state index in [1.807, 2.05) is 0 Å². The fourth-order valence-electron chi connectivity index (χ4n) is 7.59. The van der Waals surface area contributed by atoms with Gasteiger partial charge in [0, 0.05) is 19.4 Å². The van der Waals surface area contributed by atoms with Crippen LogP contribution in [0.2, 0.25) is 0 Å². The van der Waals surface area contributed by atoms with E-state index in [9.17, 15) is 19.0 Å². The number of ether oxygens (including phenoxy) is 2. The summed E-state index contributed by atoms with van der Waals surface area (Å²) in [4.78, 5) is 35.0. The second kappa shape index (κ2) is 55.2. The summed E-state index contributed by atoms with van der Waals surface area (Å²) in [6.07, 6.45) is 73.4. The molecular weight excluding hydrogens is 894 g/mol. The van der Waals surface area contributed by atoms with Crippen LogP contribution >= 0.6 is 7.82 Å². The fraction of sp³-hybridized carbons (Fsp3) is 0.700. The highest BCUT2D eigenvalue weighted by atomic mass is 31.2. The smallest absolute Gasteiger partial charge is 0.462 e. The summed E-state index contributed by atoms with van der Waals surface area (Å²) in [5, 5.41) is 0. The third-order valence-corrected chi connectivity index (χ3v) is 12.7. The normalized spacial score (nSPS) is 13.8. The molecule has 0 fully saturated rings. The molecule has 0 rings (SSSR count). The number of carbonyl (C=O) groups is 2. The lowest BCUT2D eigenvalue weighted by Crippen LogP contribution is -2.29. The molecule has 0 aliphatic rings. The number of phosphoric ester groups is 1. The lowest BCUT2D eigenvalue weighted by molar-refractivity contribution is -0.161. The van der Waals surface area contributed by atoms with Gasteiger partial charge in [0.15, 0.2) is 6.10 Å². The Labute approximate surface area is 429 Å². The van der Waals surface area contributed by atoms with Crippen LogP contribution in [-0.4, -0.2) is 49.3 Å². The lowest BCUT2D eigenvalue weighted by Gasteiger charge is -2.19. The molecule has 2 atom stereocenters. The summed E-state index contributed by atoms with van der Waals surface area (Å²) in [7, 11) is -4.38. The van der Waals surface area contributed by atoms with E-state index >= 15 is 0 Å². The summed E-state index contributed by atoms with van der Waals surface area (Å²) in [6.45, 7) is 3.61. The van der Waals surface area contributed by atoms with Crippen LogP contribution in [0.3, 0.4) is 0 Å². The second-order valence-corrected chi connectivity index (χ2v) is 19.9. The lowest BCUT2D eigenvalue weighted by atomic mass is 10.0. The standard InChI is InChI=1S/C60H104NO8P/c1-3-5-7-9-11-13-15-16-17-18-19-20-21-22-23-24-25-26-27-28-29-30-31-32-33-34-35-36-37-38-39-40-41-42-43-45-47-49-51-53-60(63)69-58(57-68-70(64,65)67-55-54-61)56-66-59(62)52-50-48-46-44-14-12-10-8-6-4-2/h5,7,11,13,16-17,19-20,22-23,25-26,28-29,31-32,58H,3-4,6,8-10,12,14-15,18,21,24,27,30,33-57,61H2,1-2H3,(H,64,65)/b7-5-,13-11-,17-16-,20-19-,23-22-,26-25-,29-28-,32-31-. The number of esters is 2. The maximum absolute atomic E-state index is 12.6. The fourth-order valence-corrected chi connectivity index (χ4v) is 8.36. The molecule has 0 aromatic carbocycles. The van der Waals surface area contributed by atoms with Gasteiger partial charge in [0.2, 0.25) is 0 Å². The van der Waals surface area contributed by atoms with Crippen molar-refractivity contribution in [2.45, 2.75) is 245 Å². The molecule has 0 aromatic rings. The van der Waals surface area contributed by atoms with Crippen LogP contribution in [0.15, 0.2) is 97.2 Å². The summed E-state index contributed by atoms with van der Waals surface area (Å²) in [5.74, 6) is -0.829. The molecule has 0 radical (unpaired) electrons. The molecule has 0 amide bonds. The molecule has 0 aliphatic carbocycles. The Hall–Kier alpha value is -3.07. The molecule has 9 nitrogen and oxygen atoms in total. The molecular formula is C60H104NO8P. The van der Waals surface area contributed by atoms with Crippen molar-refractivity contribution in [3.63, 3.8) is 0 Å². The van der Waals surface area contributed by atoms with Gasteiger partial charge in [-0.1, -0.05) is 246 Å². The molecule has 2 unspecified atom stereocenters. The van der Waals surface area contributed by atoms with Crippen molar-refractivity contribution in [3.8, 4) is 0 Å². The Morgan fingerprint density at radius 3 is 1.17 bits per heavy atom.